The molecule has 0 unspecified atom stereocenters. The molecule has 0 N–H and O–H groups in total. The van der Waals surface area contributed by atoms with Crippen LogP contribution in [0.2, 0.25) is 0 Å². The lowest BCUT2D eigenvalue weighted by Gasteiger charge is -2.47. The summed E-state index contributed by atoms with van der Waals surface area (Å²) in [6, 6.07) is 14.7. The molecule has 0 aliphatic carbocycles. The molecular formula is C20H21BrN2O2. The second-order valence-electron chi connectivity index (χ2n) is 6.70. The molecule has 2 aliphatic rings. The molecule has 0 spiro atoms. The molecule has 2 aromatic rings. The molecule has 130 valence electrons. The highest BCUT2D eigenvalue weighted by atomic mass is 79.9. The maximum absolute atomic E-state index is 12.8. The molecule has 2 aromatic carbocycles. The summed E-state index contributed by atoms with van der Waals surface area (Å²) in [7, 11) is 1.62. The normalized spacial score (nSPS) is 17.8. The molecule has 2 aliphatic heterocycles. The van der Waals surface area contributed by atoms with Crippen LogP contribution in [0, 0.1) is 0 Å². The molecule has 1 fully saturated rings. The van der Waals surface area contributed by atoms with Gasteiger partial charge in [0.25, 0.3) is 5.91 Å². The van der Waals surface area contributed by atoms with Gasteiger partial charge in [-0.05, 0) is 51.7 Å². The zero-order valence-electron chi connectivity index (χ0n) is 14.2. The second kappa shape index (κ2) is 6.81. The molecule has 1 amide bonds. The summed E-state index contributed by atoms with van der Waals surface area (Å²) in [6.45, 7) is 3.66. The fourth-order valence-electron chi connectivity index (χ4n) is 3.65. The number of benzene rings is 2. The van der Waals surface area contributed by atoms with Gasteiger partial charge in [0.1, 0.15) is 5.75 Å². The molecule has 0 bridgehead atoms. The van der Waals surface area contributed by atoms with E-state index < -0.39 is 0 Å². The molecule has 1 saturated heterocycles. The SMILES string of the molecule is COc1ccc(Br)c(C(=O)N2CC(N3CCc4ccccc4C3)C2)c1. The first-order valence-electron chi connectivity index (χ1n) is 8.59. The van der Waals surface area contributed by atoms with Gasteiger partial charge in [-0.25, -0.2) is 0 Å². The van der Waals surface area contributed by atoms with Crippen molar-refractivity contribution >= 4 is 21.8 Å². The number of fused-ring (bicyclic) bond motifs is 1. The van der Waals surface area contributed by atoms with Gasteiger partial charge in [-0.15, -0.1) is 0 Å². The third kappa shape index (κ3) is 3.18. The minimum Gasteiger partial charge on any atom is -0.497 e. The first-order valence-corrected chi connectivity index (χ1v) is 9.38. The molecule has 0 atom stereocenters. The van der Waals surface area contributed by atoms with E-state index in [1.807, 2.05) is 17.0 Å². The lowest BCUT2D eigenvalue weighted by atomic mass is 9.96. The van der Waals surface area contributed by atoms with Crippen LogP contribution in [0.25, 0.3) is 0 Å². The van der Waals surface area contributed by atoms with Crippen LogP contribution in [0.1, 0.15) is 21.5 Å². The predicted octanol–water partition coefficient (Wildman–Crippen LogP) is 3.34. The Hall–Kier alpha value is -1.85. The van der Waals surface area contributed by atoms with Crippen molar-refractivity contribution in [1.82, 2.24) is 9.80 Å². The first kappa shape index (κ1) is 16.6. The number of hydrogen-bond donors (Lipinski definition) is 0. The summed E-state index contributed by atoms with van der Waals surface area (Å²) in [6.07, 6.45) is 1.10. The maximum Gasteiger partial charge on any atom is 0.255 e. The molecule has 4 rings (SSSR count). The number of rotatable bonds is 3. The third-order valence-electron chi connectivity index (χ3n) is 5.23. The standard InChI is InChI=1S/C20H21BrN2O2/c1-25-17-6-7-19(21)18(10-17)20(24)23-12-16(13-23)22-9-8-14-4-2-3-5-15(14)11-22/h2-7,10,16H,8-9,11-13H2,1H3. The molecule has 5 heteroatoms. The van der Waals surface area contributed by atoms with E-state index in [9.17, 15) is 4.79 Å². The van der Waals surface area contributed by atoms with Crippen molar-refractivity contribution < 1.29 is 9.53 Å². The third-order valence-corrected chi connectivity index (χ3v) is 5.92. The van der Waals surface area contributed by atoms with Crippen LogP contribution in [-0.2, 0) is 13.0 Å². The number of halogens is 1. The Balaban J connectivity index is 1.40. The number of amides is 1. The Bertz CT molecular complexity index is 802. The van der Waals surface area contributed by atoms with E-state index in [0.29, 0.717) is 17.4 Å². The van der Waals surface area contributed by atoms with Crippen LogP contribution in [0.15, 0.2) is 46.9 Å². The number of methoxy groups -OCH3 is 1. The molecule has 25 heavy (non-hydrogen) atoms. The number of carbonyl (C=O) groups is 1. The zero-order valence-corrected chi connectivity index (χ0v) is 15.8. The van der Waals surface area contributed by atoms with Gasteiger partial charge in [-0.1, -0.05) is 24.3 Å². The Labute approximate surface area is 156 Å². The van der Waals surface area contributed by atoms with Crippen LogP contribution >= 0.6 is 15.9 Å². The fourth-order valence-corrected chi connectivity index (χ4v) is 4.06. The second-order valence-corrected chi connectivity index (χ2v) is 7.55. The summed E-state index contributed by atoms with van der Waals surface area (Å²) in [5, 5.41) is 0. The topological polar surface area (TPSA) is 32.8 Å². The number of likely N-dealkylation sites (tertiary alicyclic amines) is 1. The van der Waals surface area contributed by atoms with E-state index >= 15 is 0 Å². The summed E-state index contributed by atoms with van der Waals surface area (Å²) in [4.78, 5) is 17.2. The molecule has 0 aromatic heterocycles. The minimum absolute atomic E-state index is 0.0689. The van der Waals surface area contributed by atoms with Gasteiger partial charge in [0.15, 0.2) is 0 Å². The van der Waals surface area contributed by atoms with E-state index in [4.69, 9.17) is 4.74 Å². The molecule has 4 nitrogen and oxygen atoms in total. The van der Waals surface area contributed by atoms with Crippen molar-refractivity contribution in [3.63, 3.8) is 0 Å². The average Bonchev–Trinajstić information content (AvgIpc) is 2.60. The van der Waals surface area contributed by atoms with Gasteiger partial charge in [0.2, 0.25) is 0 Å². The van der Waals surface area contributed by atoms with Crippen LogP contribution < -0.4 is 4.74 Å². The zero-order chi connectivity index (χ0) is 17.4. The van der Waals surface area contributed by atoms with E-state index in [0.717, 1.165) is 37.1 Å². The van der Waals surface area contributed by atoms with E-state index in [2.05, 4.69) is 45.1 Å². The van der Waals surface area contributed by atoms with E-state index in [1.54, 1.807) is 13.2 Å². The lowest BCUT2D eigenvalue weighted by Crippen LogP contribution is -2.61. The first-order chi connectivity index (χ1) is 12.2. The number of hydrogen-bond acceptors (Lipinski definition) is 3. The summed E-state index contributed by atoms with van der Waals surface area (Å²) >= 11 is 3.48. The quantitative estimate of drug-likeness (QED) is 0.791. The maximum atomic E-state index is 12.8. The highest BCUT2D eigenvalue weighted by Crippen LogP contribution is 2.28. The van der Waals surface area contributed by atoms with E-state index in [-0.39, 0.29) is 5.91 Å². The summed E-state index contributed by atoms with van der Waals surface area (Å²) in [5.41, 5.74) is 3.56. The number of nitrogens with zero attached hydrogens (tertiary/aromatic N) is 2. The largest absolute Gasteiger partial charge is 0.497 e. The highest BCUT2D eigenvalue weighted by molar-refractivity contribution is 9.10. The van der Waals surface area contributed by atoms with Crippen molar-refractivity contribution in [2.24, 2.45) is 0 Å². The van der Waals surface area contributed by atoms with Crippen molar-refractivity contribution in [3.05, 3.63) is 63.6 Å². The highest BCUT2D eigenvalue weighted by Gasteiger charge is 2.36. The van der Waals surface area contributed by atoms with Gasteiger partial charge in [-0.3, -0.25) is 9.69 Å². The van der Waals surface area contributed by atoms with Crippen LogP contribution in [0.3, 0.4) is 0 Å². The fraction of sp³-hybridized carbons (Fsp3) is 0.350. The lowest BCUT2D eigenvalue weighted by molar-refractivity contribution is 0.0217. The van der Waals surface area contributed by atoms with Crippen molar-refractivity contribution in [1.29, 1.82) is 0 Å². The minimum atomic E-state index is 0.0689. The van der Waals surface area contributed by atoms with Crippen molar-refractivity contribution in [2.45, 2.75) is 19.0 Å². The summed E-state index contributed by atoms with van der Waals surface area (Å²) in [5.74, 6) is 0.774. The smallest absolute Gasteiger partial charge is 0.255 e. The Morgan fingerprint density at radius 1 is 1.16 bits per heavy atom. The molecule has 0 saturated carbocycles. The van der Waals surface area contributed by atoms with Crippen LogP contribution in [0.4, 0.5) is 0 Å². The van der Waals surface area contributed by atoms with Crippen LogP contribution in [0.5, 0.6) is 5.75 Å². The van der Waals surface area contributed by atoms with Gasteiger partial charge in [-0.2, -0.15) is 0 Å². The predicted molar refractivity (Wildman–Crippen MR) is 101 cm³/mol. The number of ether oxygens (including phenoxy) is 1. The van der Waals surface area contributed by atoms with Crippen molar-refractivity contribution in [2.75, 3.05) is 26.7 Å². The number of carbonyl (C=O) groups excluding carboxylic acids is 1. The average molecular weight is 401 g/mol. The molecular weight excluding hydrogens is 380 g/mol. The van der Waals surface area contributed by atoms with Gasteiger partial charge >= 0.3 is 0 Å². The molecule has 2 heterocycles. The Morgan fingerprint density at radius 3 is 2.68 bits per heavy atom. The Morgan fingerprint density at radius 2 is 1.92 bits per heavy atom. The van der Waals surface area contributed by atoms with Crippen LogP contribution in [-0.4, -0.2) is 48.5 Å². The van der Waals surface area contributed by atoms with E-state index in [1.165, 1.54) is 11.1 Å². The van der Waals surface area contributed by atoms with Crippen molar-refractivity contribution in [3.8, 4) is 5.75 Å². The Kier molecular flexibility index (Phi) is 4.52. The molecule has 0 radical (unpaired) electrons. The van der Waals surface area contributed by atoms with Gasteiger partial charge < -0.3 is 9.64 Å². The monoisotopic (exact) mass is 400 g/mol. The van der Waals surface area contributed by atoms with Gasteiger partial charge in [0.05, 0.1) is 12.7 Å². The summed E-state index contributed by atoms with van der Waals surface area (Å²) < 4.78 is 6.05. The van der Waals surface area contributed by atoms with Gasteiger partial charge in [0, 0.05) is 36.7 Å².